The van der Waals surface area contributed by atoms with Gasteiger partial charge >= 0.3 is 17.9 Å². The third kappa shape index (κ3) is 66.2. The molecule has 0 spiro atoms. The Morgan fingerprint density at radius 1 is 0.259 bits per heavy atom. The predicted octanol–water partition coefficient (Wildman–Crippen LogP) is 23.3. The first-order chi connectivity index (χ1) is 40.0. The molecule has 460 valence electrons. The molecule has 81 heavy (non-hydrogen) atoms. The van der Waals surface area contributed by atoms with Crippen LogP contribution in [0.5, 0.6) is 0 Å². The van der Waals surface area contributed by atoms with Crippen molar-refractivity contribution < 1.29 is 28.6 Å². The fraction of sp³-hybridized carbons (Fsp3) is 0.667. The first-order valence-corrected chi connectivity index (χ1v) is 33.7. The number of ether oxygens (including phenoxy) is 3. The summed E-state index contributed by atoms with van der Waals surface area (Å²) in [6.07, 6.45) is 96.2. The lowest BCUT2D eigenvalue weighted by atomic mass is 10.0. The fourth-order valence-electron chi connectivity index (χ4n) is 9.20. The quantitative estimate of drug-likeness (QED) is 0.0261. The first kappa shape index (κ1) is 76.5. The van der Waals surface area contributed by atoms with Crippen LogP contribution in [0.2, 0.25) is 0 Å². The summed E-state index contributed by atoms with van der Waals surface area (Å²) in [5.41, 5.74) is 0. The second-order valence-electron chi connectivity index (χ2n) is 22.0. The molecule has 0 aromatic carbocycles. The molecule has 6 heteroatoms. The second kappa shape index (κ2) is 68.1. The Bertz CT molecular complexity index is 1720. The Balaban J connectivity index is 4.38. The van der Waals surface area contributed by atoms with Crippen molar-refractivity contribution >= 4 is 17.9 Å². The van der Waals surface area contributed by atoms with Crippen LogP contribution in [0.4, 0.5) is 0 Å². The fourth-order valence-corrected chi connectivity index (χ4v) is 9.20. The molecular formula is C75H124O6. The lowest BCUT2D eigenvalue weighted by Crippen LogP contribution is -2.30. The van der Waals surface area contributed by atoms with E-state index in [-0.39, 0.29) is 31.6 Å². The van der Waals surface area contributed by atoms with E-state index in [4.69, 9.17) is 14.2 Å². The van der Waals surface area contributed by atoms with Crippen LogP contribution < -0.4 is 0 Å². The predicted molar refractivity (Wildman–Crippen MR) is 353 cm³/mol. The molecule has 1 atom stereocenters. The molecule has 0 rings (SSSR count). The Morgan fingerprint density at radius 3 is 0.802 bits per heavy atom. The average Bonchev–Trinajstić information content (AvgIpc) is 3.47. The van der Waals surface area contributed by atoms with E-state index in [1.165, 1.54) is 148 Å². The van der Waals surface area contributed by atoms with E-state index in [0.717, 1.165) is 109 Å². The normalized spacial score (nSPS) is 13.0. The summed E-state index contributed by atoms with van der Waals surface area (Å²) in [4.78, 5) is 38.3. The van der Waals surface area contributed by atoms with Gasteiger partial charge in [-0.3, -0.25) is 14.4 Å². The summed E-state index contributed by atoms with van der Waals surface area (Å²) in [6.45, 7) is 6.37. The molecule has 1 unspecified atom stereocenters. The van der Waals surface area contributed by atoms with Crippen molar-refractivity contribution in [3.63, 3.8) is 0 Å². The monoisotopic (exact) mass is 1120 g/mol. The lowest BCUT2D eigenvalue weighted by Gasteiger charge is -2.18. The Morgan fingerprint density at radius 2 is 0.506 bits per heavy atom. The third-order valence-electron chi connectivity index (χ3n) is 14.2. The average molecular weight is 1120 g/mol. The number of carbonyl (C=O) groups is 3. The molecule has 0 saturated heterocycles. The van der Waals surface area contributed by atoms with E-state index < -0.39 is 12.1 Å². The second-order valence-corrected chi connectivity index (χ2v) is 22.0. The van der Waals surface area contributed by atoms with Gasteiger partial charge in [0.1, 0.15) is 13.2 Å². The van der Waals surface area contributed by atoms with Crippen molar-refractivity contribution in [3.8, 4) is 0 Å². The van der Waals surface area contributed by atoms with Crippen LogP contribution in [-0.2, 0) is 28.6 Å². The molecule has 0 radical (unpaired) electrons. The van der Waals surface area contributed by atoms with Crippen LogP contribution in [0.15, 0.2) is 134 Å². The number of carbonyl (C=O) groups excluding carboxylic acids is 3. The summed E-state index contributed by atoms with van der Waals surface area (Å²) in [6, 6.07) is 0. The number of unbranched alkanes of at least 4 members (excludes halogenated alkanes) is 27. The summed E-state index contributed by atoms with van der Waals surface area (Å²) >= 11 is 0. The van der Waals surface area contributed by atoms with Gasteiger partial charge in [-0.25, -0.2) is 0 Å². The number of allylic oxidation sites excluding steroid dienone is 22. The van der Waals surface area contributed by atoms with Gasteiger partial charge in [0.05, 0.1) is 0 Å². The van der Waals surface area contributed by atoms with Crippen molar-refractivity contribution in [1.29, 1.82) is 0 Å². The van der Waals surface area contributed by atoms with Gasteiger partial charge in [-0.15, -0.1) is 0 Å². The summed E-state index contributed by atoms with van der Waals surface area (Å²) in [5, 5.41) is 0. The maximum atomic E-state index is 12.9. The smallest absolute Gasteiger partial charge is 0.306 e. The van der Waals surface area contributed by atoms with Crippen molar-refractivity contribution in [1.82, 2.24) is 0 Å². The van der Waals surface area contributed by atoms with Gasteiger partial charge in [-0.1, -0.05) is 315 Å². The minimum absolute atomic E-state index is 0.108. The largest absolute Gasteiger partial charge is 0.462 e. The number of hydrogen-bond donors (Lipinski definition) is 0. The highest BCUT2D eigenvalue weighted by molar-refractivity contribution is 5.71. The number of rotatable bonds is 60. The van der Waals surface area contributed by atoms with Gasteiger partial charge in [0.25, 0.3) is 0 Å². The zero-order valence-electron chi connectivity index (χ0n) is 52.8. The van der Waals surface area contributed by atoms with Crippen molar-refractivity contribution in [3.05, 3.63) is 134 Å². The molecule has 0 bridgehead atoms. The third-order valence-corrected chi connectivity index (χ3v) is 14.2. The Kier molecular flexibility index (Phi) is 64.3. The highest BCUT2D eigenvalue weighted by Gasteiger charge is 2.19. The van der Waals surface area contributed by atoms with E-state index in [1.807, 2.05) is 6.08 Å². The molecule has 0 aliphatic carbocycles. The van der Waals surface area contributed by atoms with Crippen molar-refractivity contribution in [2.24, 2.45) is 0 Å². The minimum atomic E-state index is -0.822. The van der Waals surface area contributed by atoms with Crippen LogP contribution in [0.3, 0.4) is 0 Å². The van der Waals surface area contributed by atoms with E-state index in [0.29, 0.717) is 19.3 Å². The number of hydrogen-bond acceptors (Lipinski definition) is 6. The van der Waals surface area contributed by atoms with Crippen LogP contribution in [-0.4, -0.2) is 37.2 Å². The van der Waals surface area contributed by atoms with Gasteiger partial charge in [0.2, 0.25) is 0 Å². The molecule has 0 aromatic heterocycles. The lowest BCUT2D eigenvalue weighted by molar-refractivity contribution is -0.166. The first-order valence-electron chi connectivity index (χ1n) is 33.7. The highest BCUT2D eigenvalue weighted by Crippen LogP contribution is 2.16. The summed E-state index contributed by atoms with van der Waals surface area (Å²) in [7, 11) is 0. The topological polar surface area (TPSA) is 78.9 Å². The van der Waals surface area contributed by atoms with Gasteiger partial charge < -0.3 is 14.2 Å². The van der Waals surface area contributed by atoms with E-state index in [2.05, 4.69) is 148 Å². The van der Waals surface area contributed by atoms with Crippen molar-refractivity contribution in [2.45, 2.75) is 309 Å². The molecule has 0 N–H and O–H groups in total. The zero-order valence-corrected chi connectivity index (χ0v) is 52.8. The van der Waals surface area contributed by atoms with E-state index in [1.54, 1.807) is 0 Å². The molecular weight excluding hydrogens is 997 g/mol. The molecule has 0 heterocycles. The van der Waals surface area contributed by atoms with Crippen LogP contribution in [0.25, 0.3) is 0 Å². The van der Waals surface area contributed by atoms with E-state index in [9.17, 15) is 14.4 Å². The van der Waals surface area contributed by atoms with Gasteiger partial charge in [0, 0.05) is 19.3 Å². The van der Waals surface area contributed by atoms with Crippen LogP contribution in [0.1, 0.15) is 303 Å². The highest BCUT2D eigenvalue weighted by atomic mass is 16.6. The molecule has 6 nitrogen and oxygen atoms in total. The minimum Gasteiger partial charge on any atom is -0.462 e. The van der Waals surface area contributed by atoms with Gasteiger partial charge in [-0.2, -0.15) is 0 Å². The van der Waals surface area contributed by atoms with Gasteiger partial charge in [0.15, 0.2) is 6.10 Å². The maximum absolute atomic E-state index is 12.9. The molecule has 0 fully saturated rings. The standard InChI is InChI=1S/C75H124O6/c1-4-7-10-13-16-19-22-25-28-30-32-33-34-35-36-37-38-39-40-41-43-44-47-50-53-56-59-62-65-68-74(77)80-71-72(70-79-73(76)67-64-61-58-55-52-49-46-27-24-21-18-15-12-9-6-3)81-75(78)69-66-63-60-57-54-51-48-45-42-31-29-26-23-20-17-14-11-8-5-2/h7-8,10-11,16-17,19-20,25-26,28-29,32-33,35-36,42,45,51,54,60,63,72H,4-6,9,12-15,18,21-24,27,30-31,34,37-41,43-44,46-50,52-53,55-59,61-62,64-71H2,1-3H3/b10-7-,11-8-,19-16-,20-17-,28-25-,29-26-,33-32-,36-35-,45-42-,54-51-,63-60-. The molecule has 0 aliphatic rings. The molecule has 0 aromatic rings. The SMILES string of the molecule is CC/C=C\C/C=C\C/C=C\C/C=C\C/C=C\C/C=C\CCC(=O)OC(COC(=O)CCCCCCCCCCCCCCC/C=C\C/C=C\C/C=C\C/C=C\C/C=C\CC)COC(=O)CCCCCCCCCCCCCCCCC. The summed E-state index contributed by atoms with van der Waals surface area (Å²) < 4.78 is 16.9. The van der Waals surface area contributed by atoms with E-state index >= 15 is 0 Å². The van der Waals surface area contributed by atoms with Crippen LogP contribution in [0, 0.1) is 0 Å². The molecule has 0 saturated carbocycles. The molecule has 0 aliphatic heterocycles. The van der Waals surface area contributed by atoms with Crippen LogP contribution >= 0.6 is 0 Å². The maximum Gasteiger partial charge on any atom is 0.306 e. The Hall–Kier alpha value is -4.45. The molecule has 0 amide bonds. The zero-order chi connectivity index (χ0) is 58.5. The van der Waals surface area contributed by atoms with Crippen molar-refractivity contribution in [2.75, 3.05) is 13.2 Å². The van der Waals surface area contributed by atoms with Gasteiger partial charge in [-0.05, 0) is 103 Å². The summed E-state index contributed by atoms with van der Waals surface area (Å²) in [5.74, 6) is -0.986. The Labute approximate surface area is 500 Å². The number of esters is 3.